The van der Waals surface area contributed by atoms with Gasteiger partial charge in [0.2, 0.25) is 0 Å². The predicted molar refractivity (Wildman–Crippen MR) is 123 cm³/mol. The number of ether oxygens (including phenoxy) is 2. The van der Waals surface area contributed by atoms with E-state index in [0.717, 1.165) is 37.0 Å². The summed E-state index contributed by atoms with van der Waals surface area (Å²) in [5.74, 6) is 3.06. The van der Waals surface area contributed by atoms with E-state index in [1.54, 1.807) is 13.3 Å². The van der Waals surface area contributed by atoms with Crippen molar-refractivity contribution in [2.24, 2.45) is 10.9 Å². The van der Waals surface area contributed by atoms with Crippen molar-refractivity contribution >= 4 is 29.9 Å². The molecular formula is C21H32IN3O3. The maximum Gasteiger partial charge on any atom is 0.191 e. The molecule has 28 heavy (non-hydrogen) atoms. The Morgan fingerprint density at radius 1 is 1.14 bits per heavy atom. The van der Waals surface area contributed by atoms with Crippen LogP contribution >= 0.6 is 24.0 Å². The van der Waals surface area contributed by atoms with Crippen molar-refractivity contribution in [3.8, 4) is 5.75 Å². The molecule has 0 aliphatic rings. The molecule has 1 heterocycles. The van der Waals surface area contributed by atoms with Gasteiger partial charge in [0.1, 0.15) is 18.1 Å². The SMILES string of the molecule is CN=C(NCCCOCc1ccco1)NCc1ccc(OCC(C)C)cc1.I. The van der Waals surface area contributed by atoms with Crippen LogP contribution in [0.4, 0.5) is 0 Å². The van der Waals surface area contributed by atoms with Gasteiger partial charge in [-0.3, -0.25) is 4.99 Å². The van der Waals surface area contributed by atoms with E-state index >= 15 is 0 Å². The smallest absolute Gasteiger partial charge is 0.191 e. The topological polar surface area (TPSA) is 68.0 Å². The second-order valence-corrected chi connectivity index (χ2v) is 6.69. The summed E-state index contributed by atoms with van der Waals surface area (Å²) in [6.45, 7) is 7.70. The Bertz CT molecular complexity index is 658. The van der Waals surface area contributed by atoms with Gasteiger partial charge in [-0.05, 0) is 42.2 Å². The van der Waals surface area contributed by atoms with Gasteiger partial charge >= 0.3 is 0 Å². The molecule has 0 fully saturated rings. The zero-order valence-corrected chi connectivity index (χ0v) is 19.3. The third-order valence-corrected chi connectivity index (χ3v) is 3.77. The minimum Gasteiger partial charge on any atom is -0.493 e. The molecule has 156 valence electrons. The summed E-state index contributed by atoms with van der Waals surface area (Å²) >= 11 is 0. The van der Waals surface area contributed by atoms with Crippen molar-refractivity contribution in [2.45, 2.75) is 33.4 Å². The molecule has 1 aromatic carbocycles. The number of hydrogen-bond donors (Lipinski definition) is 2. The van der Waals surface area contributed by atoms with E-state index in [9.17, 15) is 0 Å². The van der Waals surface area contributed by atoms with Crippen LogP contribution in [0.3, 0.4) is 0 Å². The molecule has 0 unspecified atom stereocenters. The number of hydrogen-bond acceptors (Lipinski definition) is 4. The highest BCUT2D eigenvalue weighted by atomic mass is 127. The lowest BCUT2D eigenvalue weighted by Gasteiger charge is -2.13. The fourth-order valence-electron chi connectivity index (χ4n) is 2.32. The quantitative estimate of drug-likeness (QED) is 0.209. The molecule has 6 nitrogen and oxygen atoms in total. The van der Waals surface area contributed by atoms with Crippen molar-refractivity contribution in [2.75, 3.05) is 26.8 Å². The largest absolute Gasteiger partial charge is 0.493 e. The highest BCUT2D eigenvalue weighted by molar-refractivity contribution is 14.0. The summed E-state index contributed by atoms with van der Waals surface area (Å²) in [6.07, 6.45) is 2.55. The van der Waals surface area contributed by atoms with Crippen LogP contribution in [0.25, 0.3) is 0 Å². The predicted octanol–water partition coefficient (Wildman–Crippen LogP) is 4.20. The highest BCUT2D eigenvalue weighted by Gasteiger charge is 2.01. The Morgan fingerprint density at radius 3 is 2.57 bits per heavy atom. The minimum absolute atomic E-state index is 0. The van der Waals surface area contributed by atoms with Crippen LogP contribution in [0, 0.1) is 5.92 Å². The molecule has 0 spiro atoms. The van der Waals surface area contributed by atoms with Gasteiger partial charge in [0.15, 0.2) is 5.96 Å². The molecule has 0 aliphatic heterocycles. The van der Waals surface area contributed by atoms with Crippen LogP contribution < -0.4 is 15.4 Å². The Morgan fingerprint density at radius 2 is 1.93 bits per heavy atom. The maximum atomic E-state index is 5.70. The number of halogens is 1. The first-order valence-corrected chi connectivity index (χ1v) is 9.43. The van der Waals surface area contributed by atoms with Crippen LogP contribution in [0.15, 0.2) is 52.1 Å². The lowest BCUT2D eigenvalue weighted by Crippen LogP contribution is -2.37. The average Bonchev–Trinajstić information content (AvgIpc) is 3.19. The highest BCUT2D eigenvalue weighted by Crippen LogP contribution is 2.13. The molecule has 0 bridgehead atoms. The average molecular weight is 501 g/mol. The number of benzene rings is 1. The second-order valence-electron chi connectivity index (χ2n) is 6.69. The van der Waals surface area contributed by atoms with Gasteiger partial charge in [-0.15, -0.1) is 24.0 Å². The Labute approximate surface area is 185 Å². The number of nitrogens with one attached hydrogen (secondary N) is 2. The Balaban J connectivity index is 0.00000392. The van der Waals surface area contributed by atoms with Crippen molar-refractivity contribution in [3.63, 3.8) is 0 Å². The normalized spacial score (nSPS) is 11.2. The zero-order chi connectivity index (χ0) is 19.3. The van der Waals surface area contributed by atoms with Gasteiger partial charge in [-0.1, -0.05) is 26.0 Å². The van der Waals surface area contributed by atoms with Gasteiger partial charge < -0.3 is 24.5 Å². The first-order valence-electron chi connectivity index (χ1n) is 9.43. The van der Waals surface area contributed by atoms with E-state index < -0.39 is 0 Å². The molecule has 0 amide bonds. The zero-order valence-electron chi connectivity index (χ0n) is 16.9. The van der Waals surface area contributed by atoms with Gasteiger partial charge in [0.25, 0.3) is 0 Å². The van der Waals surface area contributed by atoms with Gasteiger partial charge in [0.05, 0.1) is 12.9 Å². The summed E-state index contributed by atoms with van der Waals surface area (Å²) in [5.41, 5.74) is 1.18. The first-order chi connectivity index (χ1) is 13.2. The van der Waals surface area contributed by atoms with E-state index in [1.165, 1.54) is 5.56 Å². The number of rotatable bonds is 11. The molecule has 7 heteroatoms. The van der Waals surface area contributed by atoms with E-state index in [4.69, 9.17) is 13.9 Å². The van der Waals surface area contributed by atoms with E-state index in [-0.39, 0.29) is 24.0 Å². The molecular weight excluding hydrogens is 469 g/mol. The standard InChI is InChI=1S/C21H31N3O3.HI/c1-17(2)15-27-19-9-7-18(8-10-19)14-24-21(22-3)23-11-5-12-25-16-20-6-4-13-26-20;/h4,6-10,13,17H,5,11-12,14-16H2,1-3H3,(H2,22,23,24);1H. The number of nitrogens with zero attached hydrogens (tertiary/aromatic N) is 1. The first kappa shape index (κ1) is 24.3. The number of aliphatic imine (C=N–C) groups is 1. The lowest BCUT2D eigenvalue weighted by atomic mass is 10.2. The van der Waals surface area contributed by atoms with Crippen molar-refractivity contribution in [3.05, 3.63) is 54.0 Å². The van der Waals surface area contributed by atoms with Crippen LogP contribution in [-0.4, -0.2) is 32.8 Å². The summed E-state index contributed by atoms with van der Waals surface area (Å²) in [5, 5.41) is 6.60. The molecule has 2 N–H and O–H groups in total. The number of furan rings is 1. The van der Waals surface area contributed by atoms with Crippen molar-refractivity contribution < 1.29 is 13.9 Å². The van der Waals surface area contributed by atoms with Crippen molar-refractivity contribution in [1.82, 2.24) is 10.6 Å². The third kappa shape index (κ3) is 9.98. The fraction of sp³-hybridized carbons (Fsp3) is 0.476. The molecule has 0 atom stereocenters. The van der Waals surface area contributed by atoms with Crippen LogP contribution in [-0.2, 0) is 17.9 Å². The van der Waals surface area contributed by atoms with Crippen molar-refractivity contribution in [1.29, 1.82) is 0 Å². The van der Waals surface area contributed by atoms with E-state index in [0.29, 0.717) is 25.7 Å². The summed E-state index contributed by atoms with van der Waals surface area (Å²) in [4.78, 5) is 4.24. The van der Waals surface area contributed by atoms with Gasteiger partial charge in [-0.2, -0.15) is 0 Å². The number of guanidine groups is 1. The molecule has 0 saturated carbocycles. The van der Waals surface area contributed by atoms with Crippen LogP contribution in [0.5, 0.6) is 5.75 Å². The second kappa shape index (κ2) is 14.3. The maximum absolute atomic E-state index is 5.70. The van der Waals surface area contributed by atoms with E-state index in [2.05, 4.69) is 41.6 Å². The molecule has 2 aromatic rings. The van der Waals surface area contributed by atoms with Gasteiger partial charge in [0, 0.05) is 26.7 Å². The Kier molecular flexibility index (Phi) is 12.4. The lowest BCUT2D eigenvalue weighted by molar-refractivity contribution is 0.105. The van der Waals surface area contributed by atoms with Crippen LogP contribution in [0.2, 0.25) is 0 Å². The fourth-order valence-corrected chi connectivity index (χ4v) is 2.32. The minimum atomic E-state index is 0. The molecule has 0 aliphatic carbocycles. The monoisotopic (exact) mass is 501 g/mol. The molecule has 1 aromatic heterocycles. The summed E-state index contributed by atoms with van der Waals surface area (Å²) in [6, 6.07) is 11.9. The molecule has 2 rings (SSSR count). The molecule has 0 radical (unpaired) electrons. The summed E-state index contributed by atoms with van der Waals surface area (Å²) < 4.78 is 16.5. The summed E-state index contributed by atoms with van der Waals surface area (Å²) in [7, 11) is 1.77. The third-order valence-electron chi connectivity index (χ3n) is 3.77. The van der Waals surface area contributed by atoms with Gasteiger partial charge in [-0.25, -0.2) is 0 Å². The van der Waals surface area contributed by atoms with Crippen LogP contribution in [0.1, 0.15) is 31.6 Å². The Hall–Kier alpha value is -1.74. The molecule has 0 saturated heterocycles. The van der Waals surface area contributed by atoms with E-state index in [1.807, 2.05) is 24.3 Å².